The lowest BCUT2D eigenvalue weighted by atomic mass is 10.2. The summed E-state index contributed by atoms with van der Waals surface area (Å²) in [5, 5.41) is 0. The molecular weight excluding hydrogens is 492 g/mol. The van der Waals surface area contributed by atoms with Crippen molar-refractivity contribution >= 4 is 43.7 Å². The predicted molar refractivity (Wildman–Crippen MR) is 115 cm³/mol. The van der Waals surface area contributed by atoms with Crippen LogP contribution in [-0.2, 0) is 4.79 Å². The van der Waals surface area contributed by atoms with Crippen LogP contribution in [0.4, 0.5) is 0 Å². The molecule has 150 valence electrons. The molecule has 0 radical (unpaired) electrons. The van der Waals surface area contributed by atoms with Crippen molar-refractivity contribution in [3.05, 3.63) is 56.5 Å². The van der Waals surface area contributed by atoms with Crippen molar-refractivity contribution < 1.29 is 19.1 Å². The fraction of sp³-hybridized carbons (Fsp3) is 0.300. The van der Waals surface area contributed by atoms with Crippen LogP contribution in [0.5, 0.6) is 11.5 Å². The van der Waals surface area contributed by atoms with E-state index in [0.717, 1.165) is 22.9 Å². The SMILES string of the molecule is CCCCOc1ccc(C(=O)NNC(=O)COc2ccc(C)cc2Br)cc1Br. The summed E-state index contributed by atoms with van der Waals surface area (Å²) in [5.74, 6) is 0.311. The molecule has 0 saturated carbocycles. The maximum Gasteiger partial charge on any atom is 0.276 e. The molecule has 0 bridgehead atoms. The first-order valence-electron chi connectivity index (χ1n) is 8.81. The van der Waals surface area contributed by atoms with Gasteiger partial charge in [-0.05, 0) is 81.1 Å². The molecule has 0 aliphatic rings. The van der Waals surface area contributed by atoms with Crippen LogP contribution in [0.3, 0.4) is 0 Å². The molecule has 0 unspecified atom stereocenters. The number of carbonyl (C=O) groups excluding carboxylic acids is 2. The second-order valence-corrected chi connectivity index (χ2v) is 7.78. The van der Waals surface area contributed by atoms with Gasteiger partial charge in [-0.2, -0.15) is 0 Å². The Labute approximate surface area is 181 Å². The van der Waals surface area contributed by atoms with E-state index < -0.39 is 11.8 Å². The van der Waals surface area contributed by atoms with Gasteiger partial charge >= 0.3 is 0 Å². The third-order valence-electron chi connectivity index (χ3n) is 3.71. The van der Waals surface area contributed by atoms with Crippen molar-refractivity contribution in [1.82, 2.24) is 10.9 Å². The lowest BCUT2D eigenvalue weighted by Gasteiger charge is -2.11. The first-order chi connectivity index (χ1) is 13.4. The molecule has 2 aromatic rings. The molecule has 8 heteroatoms. The smallest absolute Gasteiger partial charge is 0.276 e. The topological polar surface area (TPSA) is 76.7 Å². The zero-order valence-corrected chi connectivity index (χ0v) is 18.9. The van der Waals surface area contributed by atoms with Crippen LogP contribution in [0.2, 0.25) is 0 Å². The highest BCUT2D eigenvalue weighted by molar-refractivity contribution is 9.10. The maximum atomic E-state index is 12.2. The summed E-state index contributed by atoms with van der Waals surface area (Å²) in [6, 6.07) is 10.5. The van der Waals surface area contributed by atoms with Crippen molar-refractivity contribution in [2.24, 2.45) is 0 Å². The number of nitrogens with one attached hydrogen (secondary N) is 2. The summed E-state index contributed by atoms with van der Waals surface area (Å²) < 4.78 is 12.5. The molecule has 0 aliphatic heterocycles. The highest BCUT2D eigenvalue weighted by Gasteiger charge is 2.11. The molecule has 2 amide bonds. The molecule has 0 aromatic heterocycles. The summed E-state index contributed by atoms with van der Waals surface area (Å²) in [7, 11) is 0. The Kier molecular flexibility index (Phi) is 8.79. The monoisotopic (exact) mass is 512 g/mol. The third-order valence-corrected chi connectivity index (χ3v) is 4.95. The van der Waals surface area contributed by atoms with E-state index in [2.05, 4.69) is 49.6 Å². The Hall–Kier alpha value is -2.06. The first-order valence-corrected chi connectivity index (χ1v) is 10.4. The average Bonchev–Trinajstić information content (AvgIpc) is 2.66. The van der Waals surface area contributed by atoms with Crippen LogP contribution in [-0.4, -0.2) is 25.0 Å². The number of hydrogen-bond donors (Lipinski definition) is 2. The van der Waals surface area contributed by atoms with Crippen LogP contribution >= 0.6 is 31.9 Å². The van der Waals surface area contributed by atoms with E-state index in [4.69, 9.17) is 9.47 Å². The first kappa shape index (κ1) is 22.2. The lowest BCUT2D eigenvalue weighted by Crippen LogP contribution is -2.43. The van der Waals surface area contributed by atoms with Gasteiger partial charge in [-0.1, -0.05) is 19.4 Å². The Morgan fingerprint density at radius 2 is 1.64 bits per heavy atom. The van der Waals surface area contributed by atoms with Gasteiger partial charge in [0.15, 0.2) is 6.61 Å². The van der Waals surface area contributed by atoms with E-state index in [9.17, 15) is 9.59 Å². The van der Waals surface area contributed by atoms with E-state index in [-0.39, 0.29) is 6.61 Å². The predicted octanol–water partition coefficient (Wildman–Crippen LogP) is 4.54. The molecule has 0 spiro atoms. The summed E-state index contributed by atoms with van der Waals surface area (Å²) in [6.45, 7) is 4.44. The number of hydrazine groups is 1. The van der Waals surface area contributed by atoms with Gasteiger partial charge in [0.25, 0.3) is 11.8 Å². The molecule has 0 saturated heterocycles. The van der Waals surface area contributed by atoms with E-state index in [1.807, 2.05) is 19.1 Å². The molecule has 6 nitrogen and oxygen atoms in total. The quantitative estimate of drug-likeness (QED) is 0.401. The normalized spacial score (nSPS) is 10.3. The van der Waals surface area contributed by atoms with E-state index in [0.29, 0.717) is 28.1 Å². The molecule has 0 atom stereocenters. The Balaban J connectivity index is 1.82. The van der Waals surface area contributed by atoms with Crippen molar-refractivity contribution in [3.63, 3.8) is 0 Å². The number of carbonyl (C=O) groups is 2. The fourth-order valence-electron chi connectivity index (χ4n) is 2.19. The Morgan fingerprint density at radius 1 is 0.964 bits per heavy atom. The molecule has 2 N–H and O–H groups in total. The van der Waals surface area contributed by atoms with Crippen LogP contribution in [0.25, 0.3) is 0 Å². The fourth-order valence-corrected chi connectivity index (χ4v) is 3.29. The minimum Gasteiger partial charge on any atom is -0.492 e. The number of ether oxygens (including phenoxy) is 2. The zero-order valence-electron chi connectivity index (χ0n) is 15.7. The molecule has 0 heterocycles. The molecule has 2 aromatic carbocycles. The second-order valence-electron chi connectivity index (χ2n) is 6.07. The van der Waals surface area contributed by atoms with Crippen molar-refractivity contribution in [2.75, 3.05) is 13.2 Å². The molecular formula is C20H22Br2N2O4. The van der Waals surface area contributed by atoms with Gasteiger partial charge in [-0.3, -0.25) is 20.4 Å². The maximum absolute atomic E-state index is 12.2. The van der Waals surface area contributed by atoms with Gasteiger partial charge in [0.2, 0.25) is 0 Å². The number of rotatable bonds is 8. The van der Waals surface area contributed by atoms with Crippen LogP contribution < -0.4 is 20.3 Å². The molecule has 2 rings (SSSR count). The molecule has 0 aliphatic carbocycles. The van der Waals surface area contributed by atoms with Gasteiger partial charge in [0.05, 0.1) is 15.6 Å². The van der Waals surface area contributed by atoms with Gasteiger partial charge in [0.1, 0.15) is 11.5 Å². The zero-order chi connectivity index (χ0) is 20.5. The van der Waals surface area contributed by atoms with E-state index >= 15 is 0 Å². The minimum atomic E-state index is -0.473. The Morgan fingerprint density at radius 3 is 2.32 bits per heavy atom. The highest BCUT2D eigenvalue weighted by Crippen LogP contribution is 2.26. The number of hydrogen-bond acceptors (Lipinski definition) is 4. The lowest BCUT2D eigenvalue weighted by molar-refractivity contribution is -0.123. The van der Waals surface area contributed by atoms with Crippen LogP contribution in [0.15, 0.2) is 45.3 Å². The third kappa shape index (κ3) is 6.83. The van der Waals surface area contributed by atoms with Gasteiger partial charge in [0, 0.05) is 5.56 Å². The number of unbranched alkanes of at least 4 members (excludes halogenated alkanes) is 1. The summed E-state index contributed by atoms with van der Waals surface area (Å²) in [5.41, 5.74) is 6.16. The molecule has 28 heavy (non-hydrogen) atoms. The number of benzene rings is 2. The van der Waals surface area contributed by atoms with Crippen LogP contribution in [0.1, 0.15) is 35.7 Å². The number of aryl methyl sites for hydroxylation is 1. The van der Waals surface area contributed by atoms with E-state index in [1.165, 1.54) is 0 Å². The van der Waals surface area contributed by atoms with Crippen molar-refractivity contribution in [3.8, 4) is 11.5 Å². The van der Waals surface area contributed by atoms with Gasteiger partial charge in [-0.15, -0.1) is 0 Å². The number of halogens is 2. The minimum absolute atomic E-state index is 0.226. The summed E-state index contributed by atoms with van der Waals surface area (Å²) in [4.78, 5) is 24.1. The highest BCUT2D eigenvalue weighted by atomic mass is 79.9. The van der Waals surface area contributed by atoms with Gasteiger partial charge in [-0.25, -0.2) is 0 Å². The van der Waals surface area contributed by atoms with Crippen LogP contribution in [0, 0.1) is 6.92 Å². The van der Waals surface area contributed by atoms with Gasteiger partial charge < -0.3 is 9.47 Å². The molecule has 0 fully saturated rings. The Bertz CT molecular complexity index is 843. The van der Waals surface area contributed by atoms with E-state index in [1.54, 1.807) is 24.3 Å². The standard InChI is InChI=1S/C20H22Br2N2O4/c1-3-4-9-27-17-8-6-14(11-16(17)22)20(26)24-23-19(25)12-28-18-7-5-13(2)10-15(18)21/h5-8,10-11H,3-4,9,12H2,1-2H3,(H,23,25)(H,24,26). The summed E-state index contributed by atoms with van der Waals surface area (Å²) >= 11 is 6.77. The average molecular weight is 514 g/mol. The van der Waals surface area contributed by atoms with Crippen molar-refractivity contribution in [2.45, 2.75) is 26.7 Å². The largest absolute Gasteiger partial charge is 0.492 e. The summed E-state index contributed by atoms with van der Waals surface area (Å²) in [6.07, 6.45) is 2.00. The second kappa shape index (κ2) is 11.1. The van der Waals surface area contributed by atoms with Crippen molar-refractivity contribution in [1.29, 1.82) is 0 Å². The number of amides is 2.